The Morgan fingerprint density at radius 1 is 1.53 bits per heavy atom. The van der Waals surface area contributed by atoms with Gasteiger partial charge in [0.1, 0.15) is 11.9 Å². The molecule has 3 heterocycles. The standard InChI is InChI=1S/C12H11ClN3O2S/c13-3-10(17)8-1-2-14-12-11(8)15-4-7-5-19-6-9(7)16(12)18/h2,4-5,8-9H,1,3,6H2/q+1. The second-order valence-corrected chi connectivity index (χ2v) is 5.63. The van der Waals surface area contributed by atoms with Gasteiger partial charge < -0.3 is 0 Å². The Morgan fingerprint density at radius 2 is 2.37 bits per heavy atom. The van der Waals surface area contributed by atoms with Crippen molar-refractivity contribution in [3.63, 3.8) is 0 Å². The number of rotatable bonds is 2. The molecule has 0 radical (unpaired) electrons. The molecule has 0 aromatic rings. The molecule has 0 spiro atoms. The van der Waals surface area contributed by atoms with Gasteiger partial charge in [0.25, 0.3) is 0 Å². The monoisotopic (exact) mass is 296 g/mol. The first-order valence-electron chi connectivity index (χ1n) is 5.90. The summed E-state index contributed by atoms with van der Waals surface area (Å²) in [5, 5.41) is 1.93. The zero-order valence-corrected chi connectivity index (χ0v) is 11.5. The molecule has 0 bridgehead atoms. The molecule has 0 fully saturated rings. The van der Waals surface area contributed by atoms with Crippen molar-refractivity contribution in [2.75, 3.05) is 11.6 Å². The van der Waals surface area contributed by atoms with E-state index in [2.05, 4.69) is 9.98 Å². The number of aliphatic imine (C=N–C) groups is 2. The summed E-state index contributed by atoms with van der Waals surface area (Å²) in [6, 6.07) is -0.261. The van der Waals surface area contributed by atoms with E-state index in [4.69, 9.17) is 11.6 Å². The minimum absolute atomic E-state index is 0.0777. The van der Waals surface area contributed by atoms with Gasteiger partial charge in [0, 0.05) is 24.0 Å². The van der Waals surface area contributed by atoms with Crippen LogP contribution in [0, 0.1) is 10.8 Å². The first-order valence-corrected chi connectivity index (χ1v) is 7.48. The molecule has 0 saturated carbocycles. The molecule has 3 aliphatic heterocycles. The number of halogens is 1. The second-order valence-electron chi connectivity index (χ2n) is 4.46. The fraction of sp³-hybridized carbons (Fsp3) is 0.417. The largest absolute Gasteiger partial charge is 0.383 e. The van der Waals surface area contributed by atoms with Crippen molar-refractivity contribution < 1.29 is 9.55 Å². The molecular formula is C12H11ClN3O2S+. The molecule has 3 aliphatic rings. The Kier molecular flexibility index (Phi) is 3.36. The number of fused-ring (bicyclic) bond motifs is 1. The highest BCUT2D eigenvalue weighted by Crippen LogP contribution is 2.33. The van der Waals surface area contributed by atoms with Crippen molar-refractivity contribution in [1.82, 2.24) is 0 Å². The van der Waals surface area contributed by atoms with E-state index >= 15 is 0 Å². The lowest BCUT2D eigenvalue weighted by Crippen LogP contribution is -2.28. The van der Waals surface area contributed by atoms with Crippen LogP contribution in [0.4, 0.5) is 0 Å². The van der Waals surface area contributed by atoms with Crippen LogP contribution in [0.1, 0.15) is 6.42 Å². The number of carbonyl (C=O) groups is 1. The smallest absolute Gasteiger partial charge is 0.298 e. The van der Waals surface area contributed by atoms with Crippen molar-refractivity contribution in [2.24, 2.45) is 15.9 Å². The summed E-state index contributed by atoms with van der Waals surface area (Å²) in [5.41, 5.74) is 1.32. The number of carbonyl (C=O) groups excluding carboxylic acids is 1. The third kappa shape index (κ3) is 2.08. The molecule has 0 aromatic heterocycles. The highest BCUT2D eigenvalue weighted by atomic mass is 35.5. The number of alkyl halides is 1. The van der Waals surface area contributed by atoms with E-state index in [1.54, 1.807) is 24.2 Å². The predicted molar refractivity (Wildman–Crippen MR) is 75.8 cm³/mol. The molecule has 0 N–H and O–H groups in total. The average molecular weight is 297 g/mol. The van der Waals surface area contributed by atoms with Crippen LogP contribution >= 0.6 is 23.4 Å². The number of nitrogens with zero attached hydrogens (tertiary/aromatic N) is 3. The Balaban J connectivity index is 2.06. The maximum Gasteiger partial charge on any atom is 0.383 e. The lowest BCUT2D eigenvalue weighted by atomic mass is 9.96. The van der Waals surface area contributed by atoms with Crippen molar-refractivity contribution in [2.45, 2.75) is 12.5 Å². The van der Waals surface area contributed by atoms with Crippen LogP contribution < -0.4 is 0 Å². The van der Waals surface area contributed by atoms with Gasteiger partial charge in [0.05, 0.1) is 11.8 Å². The van der Waals surface area contributed by atoms with Crippen LogP contribution in [0.2, 0.25) is 0 Å². The Bertz CT molecular complexity index is 580. The third-order valence-electron chi connectivity index (χ3n) is 3.34. The van der Waals surface area contributed by atoms with E-state index in [1.807, 2.05) is 5.41 Å². The summed E-state index contributed by atoms with van der Waals surface area (Å²) >= 11 is 7.20. The normalized spacial score (nSPS) is 28.9. The molecule has 5 nitrogen and oxygen atoms in total. The van der Waals surface area contributed by atoms with Gasteiger partial charge >= 0.3 is 5.82 Å². The van der Waals surface area contributed by atoms with Crippen LogP contribution in [0.15, 0.2) is 32.5 Å². The van der Waals surface area contributed by atoms with E-state index in [0.29, 0.717) is 17.9 Å². The molecule has 98 valence electrons. The van der Waals surface area contributed by atoms with Gasteiger partial charge in [0.15, 0.2) is 11.8 Å². The topological polar surface area (TPSA) is 61.9 Å². The summed E-state index contributed by atoms with van der Waals surface area (Å²) in [6.07, 6.45) is 3.73. The zero-order valence-electron chi connectivity index (χ0n) is 9.95. The fourth-order valence-electron chi connectivity index (χ4n) is 2.29. The highest BCUT2D eigenvalue weighted by Gasteiger charge is 2.41. The quantitative estimate of drug-likeness (QED) is 0.578. The fourth-order valence-corrected chi connectivity index (χ4v) is 3.50. The summed E-state index contributed by atoms with van der Waals surface area (Å²) in [5.74, 6) is 0.282. The van der Waals surface area contributed by atoms with Gasteiger partial charge in [-0.25, -0.2) is 0 Å². The Morgan fingerprint density at radius 3 is 3.16 bits per heavy atom. The number of allylic oxidation sites excluding steroid dienone is 1. The zero-order chi connectivity index (χ0) is 13.4. The number of nitroso groups, excluding NO2 is 1. The number of thioether (sulfide) groups is 1. The second kappa shape index (κ2) is 5.02. The molecule has 2 unspecified atom stereocenters. The van der Waals surface area contributed by atoms with Gasteiger partial charge in [0.2, 0.25) is 0 Å². The molecular weight excluding hydrogens is 286 g/mol. The Labute approximate surface area is 119 Å². The molecule has 0 aliphatic carbocycles. The molecule has 7 heteroatoms. The first-order chi connectivity index (χ1) is 9.22. The van der Waals surface area contributed by atoms with Crippen LogP contribution in [0.25, 0.3) is 0 Å². The van der Waals surface area contributed by atoms with E-state index in [0.717, 1.165) is 10.3 Å². The van der Waals surface area contributed by atoms with Crippen molar-refractivity contribution in [1.29, 1.82) is 0 Å². The van der Waals surface area contributed by atoms with Crippen LogP contribution in [0.5, 0.6) is 0 Å². The summed E-state index contributed by atoms with van der Waals surface area (Å²) in [6.45, 7) is 0. The SMILES string of the molecule is O=C(CCl)C1CC=NC2=C1N=CC1=CSCC1[N+]2=O. The molecule has 0 saturated heterocycles. The van der Waals surface area contributed by atoms with E-state index in [9.17, 15) is 9.70 Å². The maximum atomic E-state index is 12.4. The van der Waals surface area contributed by atoms with Gasteiger partial charge in [-0.3, -0.25) is 9.79 Å². The number of hydrogen-bond donors (Lipinski definition) is 0. The summed E-state index contributed by atoms with van der Waals surface area (Å²) in [4.78, 5) is 32.7. The van der Waals surface area contributed by atoms with Gasteiger partial charge in [-0.1, -0.05) is 4.91 Å². The van der Waals surface area contributed by atoms with Crippen LogP contribution in [0.3, 0.4) is 0 Å². The molecule has 0 aromatic carbocycles. The molecule has 2 atom stereocenters. The number of Topliss-reactive ketones (excluding diaryl/α,β-unsaturated/α-hetero) is 1. The van der Waals surface area contributed by atoms with E-state index in [-0.39, 0.29) is 23.5 Å². The molecule has 19 heavy (non-hydrogen) atoms. The third-order valence-corrected chi connectivity index (χ3v) is 4.55. The van der Waals surface area contributed by atoms with Gasteiger partial charge in [-0.15, -0.1) is 23.4 Å². The van der Waals surface area contributed by atoms with Gasteiger partial charge in [-0.05, 0) is 15.2 Å². The summed E-state index contributed by atoms with van der Waals surface area (Å²) in [7, 11) is 0. The van der Waals surface area contributed by atoms with Gasteiger partial charge in [-0.2, -0.15) is 0 Å². The minimum Gasteiger partial charge on any atom is -0.298 e. The summed E-state index contributed by atoms with van der Waals surface area (Å²) < 4.78 is 0.873. The van der Waals surface area contributed by atoms with E-state index in [1.165, 1.54) is 0 Å². The van der Waals surface area contributed by atoms with E-state index < -0.39 is 5.92 Å². The van der Waals surface area contributed by atoms with Crippen molar-refractivity contribution >= 4 is 41.6 Å². The van der Waals surface area contributed by atoms with Crippen molar-refractivity contribution in [3.05, 3.63) is 27.4 Å². The molecule has 0 amide bonds. The predicted octanol–water partition coefficient (Wildman–Crippen LogP) is 1.92. The lowest BCUT2D eigenvalue weighted by Gasteiger charge is -2.13. The van der Waals surface area contributed by atoms with Crippen LogP contribution in [-0.4, -0.2) is 40.6 Å². The minimum atomic E-state index is -0.454. The highest BCUT2D eigenvalue weighted by molar-refractivity contribution is 8.02. The van der Waals surface area contributed by atoms with Crippen LogP contribution in [-0.2, 0) is 4.79 Å². The number of ketones is 1. The van der Waals surface area contributed by atoms with Crippen molar-refractivity contribution in [3.8, 4) is 0 Å². The maximum absolute atomic E-state index is 12.4. The lowest BCUT2D eigenvalue weighted by molar-refractivity contribution is -0.524. The Hall–Kier alpha value is -1.27. The average Bonchev–Trinajstić information content (AvgIpc) is 2.86. The number of hydrogen-bond acceptors (Lipinski definition) is 5. The first kappa shape index (κ1) is 12.7. The molecule has 3 rings (SSSR count).